The minimum Gasteiger partial charge on any atom is -0.495 e. The molecule has 162 valence electrons. The summed E-state index contributed by atoms with van der Waals surface area (Å²) in [6.45, 7) is 0. The van der Waals surface area contributed by atoms with Crippen molar-refractivity contribution in [3.63, 3.8) is 0 Å². The summed E-state index contributed by atoms with van der Waals surface area (Å²) in [5, 5.41) is 18.2. The molecule has 0 fully saturated rings. The monoisotopic (exact) mass is 431 g/mol. The fraction of sp³-hybridized carbons (Fsp3) is 0.222. The number of anilines is 2. The number of ether oxygens (including phenoxy) is 1. The van der Waals surface area contributed by atoms with Gasteiger partial charge in [-0.15, -0.1) is 0 Å². The number of amides is 4. The number of carbonyl (C=O) groups is 4. The van der Waals surface area contributed by atoms with Crippen molar-refractivity contribution < 1.29 is 33.3 Å². The third-order valence-electron chi connectivity index (χ3n) is 4.39. The molecule has 0 bridgehead atoms. The largest absolute Gasteiger partial charge is 0.495 e. The lowest BCUT2D eigenvalue weighted by atomic mass is 10.1. The molecule has 1 aromatic carbocycles. The first kappa shape index (κ1) is 21.3. The number of benzene rings is 1. The first-order valence-corrected chi connectivity index (χ1v) is 8.87. The second kappa shape index (κ2) is 8.52. The Labute approximate surface area is 174 Å². The zero-order valence-electron chi connectivity index (χ0n) is 16.1. The van der Waals surface area contributed by atoms with Crippen LogP contribution in [0.5, 0.6) is 5.75 Å². The molecular formula is C18H17N5O8. The molecule has 13 nitrogen and oxygen atoms in total. The van der Waals surface area contributed by atoms with Gasteiger partial charge >= 0.3 is 5.88 Å². The van der Waals surface area contributed by atoms with Crippen molar-refractivity contribution >= 4 is 40.9 Å². The van der Waals surface area contributed by atoms with E-state index in [4.69, 9.17) is 14.9 Å². The molecule has 1 aliphatic rings. The van der Waals surface area contributed by atoms with E-state index in [1.807, 2.05) is 0 Å². The molecular weight excluding hydrogens is 414 g/mol. The Bertz CT molecular complexity index is 1090. The van der Waals surface area contributed by atoms with E-state index in [2.05, 4.69) is 16.0 Å². The third kappa shape index (κ3) is 4.60. The standard InChI is InChI=1S/C18H17N5O8/c1-30-13-6-8-10(21-17(26)9(20-16(8)25)2-4-14(19)24)7-11(13)22-18(27)12-3-5-15(31-12)23(28)29/h3,5-7,9H,2,4H2,1H3,(H2,19,24)(H,20,25)(H,21,26)(H,22,27)/t9-/m1/s1. The highest BCUT2D eigenvalue weighted by atomic mass is 16.6. The summed E-state index contributed by atoms with van der Waals surface area (Å²) >= 11 is 0. The van der Waals surface area contributed by atoms with Crippen molar-refractivity contribution in [3.8, 4) is 5.75 Å². The van der Waals surface area contributed by atoms with Crippen molar-refractivity contribution in [1.82, 2.24) is 5.32 Å². The zero-order valence-corrected chi connectivity index (χ0v) is 16.1. The summed E-state index contributed by atoms with van der Waals surface area (Å²) in [5.41, 5.74) is 5.33. The molecule has 1 aromatic heterocycles. The Morgan fingerprint density at radius 3 is 2.68 bits per heavy atom. The van der Waals surface area contributed by atoms with Crippen LogP contribution in [0, 0.1) is 10.1 Å². The van der Waals surface area contributed by atoms with Crippen LogP contribution in [0.4, 0.5) is 17.3 Å². The zero-order chi connectivity index (χ0) is 22.7. The van der Waals surface area contributed by atoms with Gasteiger partial charge in [-0.05, 0) is 24.6 Å². The van der Waals surface area contributed by atoms with Crippen LogP contribution in [0.2, 0.25) is 0 Å². The number of rotatable bonds is 7. The van der Waals surface area contributed by atoms with E-state index in [0.717, 1.165) is 12.1 Å². The van der Waals surface area contributed by atoms with E-state index in [-0.39, 0.29) is 41.3 Å². The minimum atomic E-state index is -0.986. The summed E-state index contributed by atoms with van der Waals surface area (Å²) in [6.07, 6.45) is -0.0898. The van der Waals surface area contributed by atoms with Gasteiger partial charge in [0.15, 0.2) is 5.76 Å². The molecule has 0 aliphatic carbocycles. The third-order valence-corrected chi connectivity index (χ3v) is 4.39. The summed E-state index contributed by atoms with van der Waals surface area (Å²) in [4.78, 5) is 58.3. The number of nitrogens with zero attached hydrogens (tertiary/aromatic N) is 1. The number of furan rings is 1. The molecule has 0 saturated heterocycles. The molecule has 2 aromatic rings. The first-order valence-electron chi connectivity index (χ1n) is 8.87. The molecule has 0 radical (unpaired) electrons. The van der Waals surface area contributed by atoms with E-state index < -0.39 is 40.5 Å². The van der Waals surface area contributed by atoms with Gasteiger partial charge in [-0.3, -0.25) is 29.3 Å². The van der Waals surface area contributed by atoms with E-state index >= 15 is 0 Å². The topological polar surface area (TPSA) is 196 Å². The summed E-state index contributed by atoms with van der Waals surface area (Å²) in [6, 6.07) is 3.78. The highest BCUT2D eigenvalue weighted by molar-refractivity contribution is 6.12. The van der Waals surface area contributed by atoms with E-state index in [9.17, 15) is 29.3 Å². The van der Waals surface area contributed by atoms with Crippen molar-refractivity contribution in [2.45, 2.75) is 18.9 Å². The van der Waals surface area contributed by atoms with Gasteiger partial charge in [0, 0.05) is 6.42 Å². The number of hydrogen-bond donors (Lipinski definition) is 4. The highest BCUT2D eigenvalue weighted by Gasteiger charge is 2.29. The van der Waals surface area contributed by atoms with Gasteiger partial charge in [0.25, 0.3) is 11.8 Å². The van der Waals surface area contributed by atoms with Crippen LogP contribution in [0.1, 0.15) is 33.8 Å². The Hall–Kier alpha value is -4.42. The molecule has 1 atom stereocenters. The van der Waals surface area contributed by atoms with Crippen molar-refractivity contribution in [3.05, 3.63) is 45.7 Å². The van der Waals surface area contributed by atoms with Gasteiger partial charge in [-0.25, -0.2) is 0 Å². The number of carbonyl (C=O) groups excluding carboxylic acids is 4. The van der Waals surface area contributed by atoms with Crippen LogP contribution in [-0.2, 0) is 9.59 Å². The van der Waals surface area contributed by atoms with Crippen LogP contribution >= 0.6 is 0 Å². The van der Waals surface area contributed by atoms with Gasteiger partial charge in [0.2, 0.25) is 11.8 Å². The summed E-state index contributed by atoms with van der Waals surface area (Å²) < 4.78 is 10.1. The van der Waals surface area contributed by atoms with Gasteiger partial charge in [0.05, 0.1) is 30.1 Å². The SMILES string of the molecule is COc1cc2c(cc1NC(=O)c1ccc([N+](=O)[O-])o1)NC(=O)[C@@H](CCC(N)=O)NC2=O. The number of nitro groups is 1. The predicted octanol–water partition coefficient (Wildman–Crippen LogP) is 0.765. The number of methoxy groups -OCH3 is 1. The van der Waals surface area contributed by atoms with E-state index in [1.54, 1.807) is 0 Å². The minimum absolute atomic E-state index is 0.0128. The number of primary amides is 1. The van der Waals surface area contributed by atoms with Crippen LogP contribution in [0.15, 0.2) is 28.7 Å². The molecule has 1 aliphatic heterocycles. The lowest BCUT2D eigenvalue weighted by Gasteiger charge is -2.13. The normalized spacial score (nSPS) is 15.2. The molecule has 31 heavy (non-hydrogen) atoms. The molecule has 5 N–H and O–H groups in total. The average molecular weight is 431 g/mol. The van der Waals surface area contributed by atoms with Gasteiger partial charge in [-0.2, -0.15) is 0 Å². The second-order valence-electron chi connectivity index (χ2n) is 6.47. The van der Waals surface area contributed by atoms with E-state index in [1.165, 1.54) is 19.2 Å². The van der Waals surface area contributed by atoms with Crippen LogP contribution in [0.25, 0.3) is 0 Å². The summed E-state index contributed by atoms with van der Waals surface area (Å²) in [5.74, 6) is -3.43. The molecule has 2 heterocycles. The lowest BCUT2D eigenvalue weighted by molar-refractivity contribution is -0.402. The Balaban J connectivity index is 1.88. The predicted molar refractivity (Wildman–Crippen MR) is 105 cm³/mol. The number of fused-ring (bicyclic) bond motifs is 1. The van der Waals surface area contributed by atoms with Crippen molar-refractivity contribution in [2.75, 3.05) is 17.7 Å². The molecule has 4 amide bonds. The Morgan fingerprint density at radius 2 is 2.06 bits per heavy atom. The molecule has 0 saturated carbocycles. The fourth-order valence-corrected chi connectivity index (χ4v) is 2.88. The first-order chi connectivity index (χ1) is 14.7. The maximum atomic E-state index is 12.6. The van der Waals surface area contributed by atoms with Gasteiger partial charge in [-0.1, -0.05) is 0 Å². The second-order valence-corrected chi connectivity index (χ2v) is 6.47. The molecule has 0 unspecified atom stereocenters. The molecule has 3 rings (SSSR count). The van der Waals surface area contributed by atoms with Gasteiger partial charge < -0.3 is 30.8 Å². The molecule has 13 heteroatoms. The van der Waals surface area contributed by atoms with Crippen molar-refractivity contribution in [2.24, 2.45) is 5.73 Å². The fourth-order valence-electron chi connectivity index (χ4n) is 2.88. The van der Waals surface area contributed by atoms with Gasteiger partial charge in [0.1, 0.15) is 16.7 Å². The summed E-state index contributed by atoms with van der Waals surface area (Å²) in [7, 11) is 1.30. The quantitative estimate of drug-likeness (QED) is 0.364. The average Bonchev–Trinajstić information content (AvgIpc) is 3.17. The number of nitrogens with one attached hydrogen (secondary N) is 3. The smallest absolute Gasteiger partial charge is 0.433 e. The Kier molecular flexibility index (Phi) is 5.85. The molecule has 0 spiro atoms. The number of hydrogen-bond acceptors (Lipinski definition) is 8. The van der Waals surface area contributed by atoms with Crippen LogP contribution < -0.4 is 26.4 Å². The maximum Gasteiger partial charge on any atom is 0.433 e. The lowest BCUT2D eigenvalue weighted by Crippen LogP contribution is -2.41. The van der Waals surface area contributed by atoms with E-state index in [0.29, 0.717) is 0 Å². The maximum absolute atomic E-state index is 12.6. The van der Waals surface area contributed by atoms with Crippen molar-refractivity contribution in [1.29, 1.82) is 0 Å². The highest BCUT2D eigenvalue weighted by Crippen LogP contribution is 2.33. The van der Waals surface area contributed by atoms with Crippen LogP contribution in [-0.4, -0.2) is 41.7 Å². The van der Waals surface area contributed by atoms with Crippen LogP contribution in [0.3, 0.4) is 0 Å². The Morgan fingerprint density at radius 1 is 1.32 bits per heavy atom. The number of nitrogens with two attached hydrogens (primary N) is 1.